The molecule has 2 rings (SSSR count). The molecule has 0 spiro atoms. The summed E-state index contributed by atoms with van der Waals surface area (Å²) in [7, 11) is 1.94. The molecular formula is C12H15N3S. The van der Waals surface area contributed by atoms with Gasteiger partial charge in [0.1, 0.15) is 0 Å². The fraction of sp³-hybridized carbons (Fsp3) is 0.333. The van der Waals surface area contributed by atoms with Gasteiger partial charge < -0.3 is 5.32 Å². The van der Waals surface area contributed by atoms with Gasteiger partial charge in [-0.1, -0.05) is 6.07 Å². The second-order valence-electron chi connectivity index (χ2n) is 3.70. The van der Waals surface area contributed by atoms with Crippen LogP contribution in [0, 0.1) is 13.8 Å². The van der Waals surface area contributed by atoms with Crippen LogP contribution in [0.25, 0.3) is 10.7 Å². The van der Waals surface area contributed by atoms with E-state index in [-0.39, 0.29) is 0 Å². The normalized spacial score (nSPS) is 10.7. The predicted molar refractivity (Wildman–Crippen MR) is 67.6 cm³/mol. The third-order valence-electron chi connectivity index (χ3n) is 2.52. The summed E-state index contributed by atoms with van der Waals surface area (Å²) in [4.78, 5) is 10.2. The molecule has 0 radical (unpaired) electrons. The van der Waals surface area contributed by atoms with E-state index in [0.29, 0.717) is 0 Å². The van der Waals surface area contributed by atoms with Crippen molar-refractivity contribution >= 4 is 11.3 Å². The van der Waals surface area contributed by atoms with Crippen molar-refractivity contribution in [3.63, 3.8) is 0 Å². The fourth-order valence-corrected chi connectivity index (χ4v) is 2.35. The molecule has 2 aromatic heterocycles. The Kier molecular flexibility index (Phi) is 3.31. The Morgan fingerprint density at radius 2 is 1.94 bits per heavy atom. The highest BCUT2D eigenvalue weighted by atomic mass is 32.1. The smallest absolute Gasteiger partial charge is 0.169 e. The van der Waals surface area contributed by atoms with E-state index in [1.807, 2.05) is 32.3 Å². The Morgan fingerprint density at radius 1 is 1.25 bits per heavy atom. The van der Waals surface area contributed by atoms with Crippen LogP contribution in [-0.4, -0.2) is 17.0 Å². The van der Waals surface area contributed by atoms with Crippen molar-refractivity contribution in [2.75, 3.05) is 7.05 Å². The SMILES string of the molecule is CNCc1c(C)nc(-c2cccs2)nc1C. The molecule has 0 aliphatic carbocycles. The van der Waals surface area contributed by atoms with Crippen LogP contribution in [0.2, 0.25) is 0 Å². The van der Waals surface area contributed by atoms with Gasteiger partial charge in [0.15, 0.2) is 5.82 Å². The van der Waals surface area contributed by atoms with E-state index in [4.69, 9.17) is 0 Å². The quantitative estimate of drug-likeness (QED) is 0.885. The topological polar surface area (TPSA) is 37.8 Å². The molecule has 0 atom stereocenters. The van der Waals surface area contributed by atoms with E-state index in [1.165, 1.54) is 5.56 Å². The van der Waals surface area contributed by atoms with Gasteiger partial charge in [0.25, 0.3) is 0 Å². The number of aryl methyl sites for hydroxylation is 2. The number of thiophene rings is 1. The highest BCUT2D eigenvalue weighted by Crippen LogP contribution is 2.22. The summed E-state index contributed by atoms with van der Waals surface area (Å²) in [5.41, 5.74) is 3.32. The standard InChI is InChI=1S/C12H15N3S/c1-8-10(7-13-3)9(2)15-12(14-8)11-5-4-6-16-11/h4-6,13H,7H2,1-3H3. The lowest BCUT2D eigenvalue weighted by Gasteiger charge is -2.09. The van der Waals surface area contributed by atoms with Crippen molar-refractivity contribution in [3.05, 3.63) is 34.5 Å². The van der Waals surface area contributed by atoms with Crippen molar-refractivity contribution in [2.45, 2.75) is 20.4 Å². The number of rotatable bonds is 3. The maximum absolute atomic E-state index is 4.55. The van der Waals surface area contributed by atoms with Crippen molar-refractivity contribution in [3.8, 4) is 10.7 Å². The summed E-state index contributed by atoms with van der Waals surface area (Å²) in [6, 6.07) is 4.08. The number of nitrogens with zero attached hydrogens (tertiary/aromatic N) is 2. The van der Waals surface area contributed by atoms with Crippen LogP contribution in [0.3, 0.4) is 0 Å². The number of aromatic nitrogens is 2. The highest BCUT2D eigenvalue weighted by Gasteiger charge is 2.09. The van der Waals surface area contributed by atoms with E-state index >= 15 is 0 Å². The van der Waals surface area contributed by atoms with Crippen LogP contribution in [0.15, 0.2) is 17.5 Å². The van der Waals surface area contributed by atoms with Gasteiger partial charge in [-0.15, -0.1) is 11.3 Å². The first kappa shape index (κ1) is 11.2. The van der Waals surface area contributed by atoms with Gasteiger partial charge in [-0.05, 0) is 32.3 Å². The van der Waals surface area contributed by atoms with Gasteiger partial charge in [0.05, 0.1) is 4.88 Å². The zero-order valence-electron chi connectivity index (χ0n) is 9.74. The molecule has 1 N–H and O–H groups in total. The molecule has 3 nitrogen and oxygen atoms in total. The van der Waals surface area contributed by atoms with Gasteiger partial charge in [0, 0.05) is 23.5 Å². The summed E-state index contributed by atoms with van der Waals surface area (Å²) < 4.78 is 0. The van der Waals surface area contributed by atoms with Crippen molar-refractivity contribution in [2.24, 2.45) is 0 Å². The van der Waals surface area contributed by atoms with E-state index in [0.717, 1.165) is 28.6 Å². The Morgan fingerprint density at radius 3 is 2.44 bits per heavy atom. The van der Waals surface area contributed by atoms with Gasteiger partial charge in [0.2, 0.25) is 0 Å². The van der Waals surface area contributed by atoms with Crippen molar-refractivity contribution in [1.29, 1.82) is 0 Å². The van der Waals surface area contributed by atoms with Crippen LogP contribution in [-0.2, 0) is 6.54 Å². The third kappa shape index (κ3) is 2.13. The van der Waals surface area contributed by atoms with Crippen LogP contribution >= 0.6 is 11.3 Å². The average molecular weight is 233 g/mol. The minimum absolute atomic E-state index is 0.822. The largest absolute Gasteiger partial charge is 0.316 e. The molecule has 16 heavy (non-hydrogen) atoms. The van der Waals surface area contributed by atoms with E-state index in [9.17, 15) is 0 Å². The maximum atomic E-state index is 4.55. The first-order valence-electron chi connectivity index (χ1n) is 5.25. The minimum atomic E-state index is 0.822. The van der Waals surface area contributed by atoms with Crippen LogP contribution in [0.1, 0.15) is 17.0 Å². The van der Waals surface area contributed by atoms with Gasteiger partial charge >= 0.3 is 0 Å². The predicted octanol–water partition coefficient (Wildman–Crippen LogP) is 2.54. The summed E-state index contributed by atoms with van der Waals surface area (Å²) >= 11 is 1.67. The Hall–Kier alpha value is -1.26. The molecule has 2 heterocycles. The Labute approximate surface area is 99.6 Å². The monoisotopic (exact) mass is 233 g/mol. The fourth-order valence-electron chi connectivity index (χ4n) is 1.69. The Balaban J connectivity index is 2.45. The number of hydrogen-bond donors (Lipinski definition) is 1. The lowest BCUT2D eigenvalue weighted by Crippen LogP contribution is -2.11. The molecule has 0 saturated heterocycles. The molecule has 0 aliphatic rings. The van der Waals surface area contributed by atoms with Gasteiger partial charge in [-0.2, -0.15) is 0 Å². The second-order valence-corrected chi connectivity index (χ2v) is 4.65. The van der Waals surface area contributed by atoms with Crippen LogP contribution in [0.5, 0.6) is 0 Å². The molecule has 0 unspecified atom stereocenters. The van der Waals surface area contributed by atoms with E-state index < -0.39 is 0 Å². The van der Waals surface area contributed by atoms with Crippen LogP contribution < -0.4 is 5.32 Å². The number of hydrogen-bond acceptors (Lipinski definition) is 4. The molecule has 0 fully saturated rings. The average Bonchev–Trinajstić information content (AvgIpc) is 2.76. The first-order valence-corrected chi connectivity index (χ1v) is 6.13. The zero-order chi connectivity index (χ0) is 11.5. The highest BCUT2D eigenvalue weighted by molar-refractivity contribution is 7.13. The zero-order valence-corrected chi connectivity index (χ0v) is 10.6. The molecule has 0 aromatic carbocycles. The number of nitrogens with one attached hydrogen (secondary N) is 1. The molecule has 0 aliphatic heterocycles. The lowest BCUT2D eigenvalue weighted by atomic mass is 10.1. The van der Waals surface area contributed by atoms with E-state index in [2.05, 4.69) is 21.4 Å². The second kappa shape index (κ2) is 4.72. The van der Waals surface area contributed by atoms with Gasteiger partial charge in [-0.3, -0.25) is 0 Å². The molecular weight excluding hydrogens is 218 g/mol. The summed E-state index contributed by atoms with van der Waals surface area (Å²) in [5, 5.41) is 5.19. The molecule has 84 valence electrons. The molecule has 4 heteroatoms. The summed E-state index contributed by atoms with van der Waals surface area (Å²) in [6.07, 6.45) is 0. The minimum Gasteiger partial charge on any atom is -0.316 e. The van der Waals surface area contributed by atoms with Crippen molar-refractivity contribution in [1.82, 2.24) is 15.3 Å². The Bertz CT molecular complexity index is 454. The summed E-state index contributed by atoms with van der Waals surface area (Å²) in [5.74, 6) is 0.838. The summed E-state index contributed by atoms with van der Waals surface area (Å²) in [6.45, 7) is 4.90. The lowest BCUT2D eigenvalue weighted by molar-refractivity contribution is 0.787. The van der Waals surface area contributed by atoms with E-state index in [1.54, 1.807) is 11.3 Å². The molecule has 0 saturated carbocycles. The first-order chi connectivity index (χ1) is 7.72. The van der Waals surface area contributed by atoms with Gasteiger partial charge in [-0.25, -0.2) is 9.97 Å². The van der Waals surface area contributed by atoms with Crippen molar-refractivity contribution < 1.29 is 0 Å². The maximum Gasteiger partial charge on any atom is 0.169 e. The van der Waals surface area contributed by atoms with Crippen LogP contribution in [0.4, 0.5) is 0 Å². The third-order valence-corrected chi connectivity index (χ3v) is 3.38. The molecule has 0 amide bonds. The molecule has 0 bridgehead atoms. The molecule has 2 aromatic rings.